The fourth-order valence-corrected chi connectivity index (χ4v) is 13.5. The molecule has 0 bridgehead atoms. The van der Waals surface area contributed by atoms with Crippen LogP contribution in [0.1, 0.15) is 456 Å². The number of unbranched alkanes of at least 4 members (excludes halogenated alkanes) is 61. The van der Waals surface area contributed by atoms with E-state index < -0.39 is 0 Å². The predicted molar refractivity (Wildman–Crippen MR) is 421 cm³/mol. The van der Waals surface area contributed by atoms with Gasteiger partial charge in [-0.2, -0.15) is 0 Å². The zero-order valence-corrected chi connectivity index (χ0v) is 64.0. The molecule has 2 nitrogen and oxygen atoms in total. The van der Waals surface area contributed by atoms with Crippen molar-refractivity contribution in [1.82, 2.24) is 0 Å². The van der Waals surface area contributed by atoms with Crippen molar-refractivity contribution in [3.63, 3.8) is 0 Å². The molecule has 0 saturated carbocycles. The van der Waals surface area contributed by atoms with Crippen molar-refractivity contribution < 1.29 is 16.5 Å². The van der Waals surface area contributed by atoms with Crippen LogP contribution in [0.3, 0.4) is 0 Å². The number of para-hydroxylation sites is 2. The minimum atomic E-state index is 0. The summed E-state index contributed by atoms with van der Waals surface area (Å²) < 4.78 is 0. The molecule has 0 N–H and O–H groups in total. The standard InChI is InChI=1S/C91H154N2.Ni/c1-4-7-10-13-16-19-22-25-28-31-33-35-37-39-41-43-45-47-49-52-54-57-60-63-66-69-72-79-87-81-75-77-84-90(87)92-86-89(83-74-71-68-65-62-59-56-51-30-27-24-21-18-15-12-9-6-3)93-91-85-78-76-82-88(91)80-73-70-67-64-61-58-55-53-50-48-46-44-42-40-38-36-34-32-29-26-23-20-17-14-11-8-5-2;/h75-78,81-82,84-86H,4-65,68,71-73,79-80H2,1-3H3;/q;+2/b92-86+,93-89-;. The Morgan fingerprint density at radius 1 is 0.255 bits per heavy atom. The normalized spacial score (nSPS) is 11.4. The van der Waals surface area contributed by atoms with E-state index in [9.17, 15) is 0 Å². The van der Waals surface area contributed by atoms with E-state index >= 15 is 0 Å². The first-order valence-electron chi connectivity index (χ1n) is 42.0. The molecule has 0 heterocycles. The molecule has 2 rings (SSSR count). The third-order valence-electron chi connectivity index (χ3n) is 19.8. The summed E-state index contributed by atoms with van der Waals surface area (Å²) >= 11 is 0. The second-order valence-electron chi connectivity index (χ2n) is 28.8. The van der Waals surface area contributed by atoms with Gasteiger partial charge < -0.3 is 0 Å². The molecule has 0 spiro atoms. The van der Waals surface area contributed by atoms with Gasteiger partial charge in [0.1, 0.15) is 5.71 Å². The van der Waals surface area contributed by atoms with E-state index in [-0.39, 0.29) is 16.5 Å². The maximum Gasteiger partial charge on any atom is 2.00 e. The van der Waals surface area contributed by atoms with Crippen LogP contribution in [0.4, 0.5) is 11.4 Å². The largest absolute Gasteiger partial charge is 2.00 e. The molecule has 536 valence electrons. The third kappa shape index (κ3) is 62.5. The Kier molecular flexibility index (Phi) is 71.7. The van der Waals surface area contributed by atoms with Crippen LogP contribution < -0.4 is 0 Å². The molecular formula is C91H154N2Ni+2. The van der Waals surface area contributed by atoms with Gasteiger partial charge in [0.05, 0.1) is 17.6 Å². The predicted octanol–water partition coefficient (Wildman–Crippen LogP) is 31.1. The minimum absolute atomic E-state index is 0. The summed E-state index contributed by atoms with van der Waals surface area (Å²) in [6.45, 7) is 6.93. The first-order valence-corrected chi connectivity index (χ1v) is 42.0. The topological polar surface area (TPSA) is 24.7 Å². The van der Waals surface area contributed by atoms with Crippen molar-refractivity contribution in [1.29, 1.82) is 0 Å². The van der Waals surface area contributed by atoms with Gasteiger partial charge in [-0.05, 0) is 61.3 Å². The summed E-state index contributed by atoms with van der Waals surface area (Å²) in [7, 11) is 0. The molecule has 0 atom stereocenters. The van der Waals surface area contributed by atoms with Crippen molar-refractivity contribution in [2.75, 3.05) is 0 Å². The second-order valence-corrected chi connectivity index (χ2v) is 28.8. The first kappa shape index (κ1) is 89.0. The van der Waals surface area contributed by atoms with Crippen LogP contribution in [0.2, 0.25) is 0 Å². The molecule has 0 aliphatic heterocycles. The van der Waals surface area contributed by atoms with E-state index in [1.54, 1.807) is 0 Å². The van der Waals surface area contributed by atoms with Crippen molar-refractivity contribution in [2.45, 2.75) is 457 Å². The molecule has 94 heavy (non-hydrogen) atoms. The van der Waals surface area contributed by atoms with Gasteiger partial charge in [0, 0.05) is 32.1 Å². The third-order valence-corrected chi connectivity index (χ3v) is 19.8. The molecule has 0 aromatic heterocycles. The monoisotopic (exact) mass is 1330 g/mol. The molecule has 2 aromatic carbocycles. The summed E-state index contributed by atoms with van der Waals surface area (Å²) in [5.74, 6) is 21.0. The van der Waals surface area contributed by atoms with Gasteiger partial charge in [-0.25, -0.2) is 4.99 Å². The fraction of sp³-hybridized carbons (Fsp3) is 0.780. The van der Waals surface area contributed by atoms with Crippen LogP contribution >= 0.6 is 0 Å². The zero-order valence-electron chi connectivity index (χ0n) is 63.0. The van der Waals surface area contributed by atoms with Crippen LogP contribution in [-0.4, -0.2) is 11.9 Å². The summed E-state index contributed by atoms with van der Waals surface area (Å²) in [6.07, 6.45) is 94.7. The number of aryl methyl sites for hydroxylation is 2. The van der Waals surface area contributed by atoms with Gasteiger partial charge in [0.2, 0.25) is 0 Å². The van der Waals surface area contributed by atoms with Crippen LogP contribution in [0.15, 0.2) is 58.5 Å². The number of nitrogens with zero attached hydrogens (tertiary/aromatic N) is 2. The van der Waals surface area contributed by atoms with Gasteiger partial charge in [0.15, 0.2) is 0 Å². The molecule has 0 radical (unpaired) electrons. The molecule has 2 aromatic rings. The maximum atomic E-state index is 5.22. The number of hydrogen-bond acceptors (Lipinski definition) is 2. The molecule has 0 amide bonds. The van der Waals surface area contributed by atoms with E-state index in [0.29, 0.717) is 0 Å². The summed E-state index contributed by atoms with van der Waals surface area (Å²) in [6, 6.07) is 17.2. The Bertz CT molecular complexity index is 2130. The Labute approximate surface area is 598 Å². The Morgan fingerprint density at radius 3 is 0.745 bits per heavy atom. The molecule has 0 unspecified atom stereocenters. The summed E-state index contributed by atoms with van der Waals surface area (Å²) in [5, 5.41) is 0. The average Bonchev–Trinajstić information content (AvgIpc) is 3.46. The average molecular weight is 1330 g/mol. The Hall–Kier alpha value is -3.05. The van der Waals surface area contributed by atoms with Crippen molar-refractivity contribution in [2.24, 2.45) is 9.98 Å². The van der Waals surface area contributed by atoms with Crippen LogP contribution in [0.5, 0.6) is 0 Å². The van der Waals surface area contributed by atoms with Crippen molar-refractivity contribution >= 4 is 23.3 Å². The van der Waals surface area contributed by atoms with Crippen LogP contribution in [-0.2, 0) is 29.3 Å². The molecule has 0 aliphatic carbocycles. The van der Waals surface area contributed by atoms with E-state index in [1.165, 1.54) is 396 Å². The van der Waals surface area contributed by atoms with Gasteiger partial charge in [-0.3, -0.25) is 4.99 Å². The van der Waals surface area contributed by atoms with E-state index in [2.05, 4.69) is 105 Å². The minimum Gasteiger partial charge on any atom is -0.254 e. The molecule has 0 fully saturated rings. The van der Waals surface area contributed by atoms with Gasteiger partial charge in [-0.1, -0.05) is 435 Å². The maximum absolute atomic E-state index is 5.22. The molecular weight excluding hydrogens is 1180 g/mol. The smallest absolute Gasteiger partial charge is 0.254 e. The van der Waals surface area contributed by atoms with Crippen molar-refractivity contribution in [3.8, 4) is 35.5 Å². The van der Waals surface area contributed by atoms with Crippen LogP contribution in [0.25, 0.3) is 0 Å². The number of rotatable bonds is 68. The summed E-state index contributed by atoms with van der Waals surface area (Å²) in [5.41, 5.74) is 5.19. The number of aliphatic imine (C=N–C) groups is 2. The quantitative estimate of drug-likeness (QED) is 0.0273. The second kappa shape index (κ2) is 75.7. The van der Waals surface area contributed by atoms with Crippen molar-refractivity contribution in [3.05, 3.63) is 59.7 Å². The zero-order chi connectivity index (χ0) is 66.0. The first-order chi connectivity index (χ1) is 46.3. The molecule has 3 heteroatoms. The number of hydrogen-bond donors (Lipinski definition) is 0. The molecule has 0 saturated heterocycles. The Balaban J connectivity index is 0.0000442. The van der Waals surface area contributed by atoms with Crippen LogP contribution in [0, 0.1) is 35.5 Å². The van der Waals surface area contributed by atoms with Gasteiger partial charge in [0.25, 0.3) is 0 Å². The fourth-order valence-electron chi connectivity index (χ4n) is 13.5. The molecule has 0 aliphatic rings. The summed E-state index contributed by atoms with van der Waals surface area (Å²) in [4.78, 5) is 10.3. The van der Waals surface area contributed by atoms with E-state index in [0.717, 1.165) is 68.5 Å². The van der Waals surface area contributed by atoms with E-state index in [4.69, 9.17) is 9.98 Å². The van der Waals surface area contributed by atoms with E-state index in [1.807, 2.05) is 6.21 Å². The Morgan fingerprint density at radius 2 is 0.468 bits per heavy atom. The van der Waals surface area contributed by atoms with Gasteiger partial charge >= 0.3 is 16.5 Å². The SMILES string of the molecule is CCCCCCCCCCCCCCCCCC#CC(/C=N/c1ccccc1CCC#CCCCCCCCCCCCCCCCCCCCCCCCCC)=N/c1ccccc1CCC#CCCCCCCCCCCCCCCCCCCCCCCCCC.[Ni+2]. The number of benzene rings is 2. The van der Waals surface area contributed by atoms with Gasteiger partial charge in [-0.15, -0.1) is 23.7 Å².